The SMILES string of the molecule is CC(C)c1nc(C(C)(C)C)n(C(C)C)n1. The molecule has 0 unspecified atom stereocenters. The van der Waals surface area contributed by atoms with Gasteiger partial charge in [-0.15, -0.1) is 0 Å². The Bertz CT molecular complexity index is 329. The zero-order valence-corrected chi connectivity index (χ0v) is 11.0. The Hall–Kier alpha value is -0.860. The predicted octanol–water partition coefficient (Wildman–Crippen LogP) is 3.28. The van der Waals surface area contributed by atoms with Crippen molar-refractivity contribution in [3.63, 3.8) is 0 Å². The van der Waals surface area contributed by atoms with Gasteiger partial charge in [0.1, 0.15) is 5.82 Å². The first-order chi connectivity index (χ1) is 6.73. The van der Waals surface area contributed by atoms with E-state index < -0.39 is 0 Å². The van der Waals surface area contributed by atoms with E-state index in [4.69, 9.17) is 0 Å². The molecule has 3 nitrogen and oxygen atoms in total. The molecule has 0 aliphatic heterocycles. The van der Waals surface area contributed by atoms with Gasteiger partial charge < -0.3 is 0 Å². The van der Waals surface area contributed by atoms with E-state index in [2.05, 4.69) is 63.2 Å². The summed E-state index contributed by atoms with van der Waals surface area (Å²) in [6.07, 6.45) is 0. The maximum Gasteiger partial charge on any atom is 0.153 e. The maximum atomic E-state index is 4.65. The maximum absolute atomic E-state index is 4.65. The molecule has 1 heterocycles. The van der Waals surface area contributed by atoms with Crippen molar-refractivity contribution >= 4 is 0 Å². The summed E-state index contributed by atoms with van der Waals surface area (Å²) in [5.41, 5.74) is 0.0599. The van der Waals surface area contributed by atoms with E-state index in [9.17, 15) is 0 Å². The van der Waals surface area contributed by atoms with Gasteiger partial charge in [-0.05, 0) is 13.8 Å². The van der Waals surface area contributed by atoms with Gasteiger partial charge in [0, 0.05) is 17.4 Å². The van der Waals surface area contributed by atoms with E-state index in [0.29, 0.717) is 12.0 Å². The number of hydrogen-bond acceptors (Lipinski definition) is 2. The second-order valence-corrected chi connectivity index (χ2v) is 5.74. The van der Waals surface area contributed by atoms with E-state index in [1.54, 1.807) is 0 Å². The van der Waals surface area contributed by atoms with Crippen LogP contribution in [-0.2, 0) is 5.41 Å². The van der Waals surface area contributed by atoms with Crippen LogP contribution in [0.3, 0.4) is 0 Å². The van der Waals surface area contributed by atoms with E-state index in [1.165, 1.54) is 0 Å². The van der Waals surface area contributed by atoms with Gasteiger partial charge in [-0.1, -0.05) is 34.6 Å². The lowest BCUT2D eigenvalue weighted by molar-refractivity contribution is 0.435. The highest BCUT2D eigenvalue weighted by Crippen LogP contribution is 2.24. The van der Waals surface area contributed by atoms with Crippen molar-refractivity contribution in [2.45, 2.75) is 65.8 Å². The molecule has 0 saturated heterocycles. The fourth-order valence-electron chi connectivity index (χ4n) is 1.46. The van der Waals surface area contributed by atoms with Crippen molar-refractivity contribution < 1.29 is 0 Å². The van der Waals surface area contributed by atoms with Gasteiger partial charge in [-0.25, -0.2) is 9.67 Å². The quantitative estimate of drug-likeness (QED) is 0.748. The lowest BCUT2D eigenvalue weighted by Gasteiger charge is -2.20. The molecular weight excluding hydrogens is 186 g/mol. The third kappa shape index (κ3) is 2.58. The monoisotopic (exact) mass is 209 g/mol. The van der Waals surface area contributed by atoms with E-state index in [0.717, 1.165) is 11.6 Å². The van der Waals surface area contributed by atoms with E-state index >= 15 is 0 Å². The summed E-state index contributed by atoms with van der Waals surface area (Å²) in [4.78, 5) is 4.65. The minimum absolute atomic E-state index is 0.0599. The Kier molecular flexibility index (Phi) is 3.22. The minimum atomic E-state index is 0.0599. The van der Waals surface area contributed by atoms with Crippen LogP contribution >= 0.6 is 0 Å². The molecule has 0 aliphatic carbocycles. The number of aromatic nitrogens is 3. The van der Waals surface area contributed by atoms with Crippen molar-refractivity contribution in [1.82, 2.24) is 14.8 Å². The number of rotatable bonds is 2. The van der Waals surface area contributed by atoms with Gasteiger partial charge >= 0.3 is 0 Å². The highest BCUT2D eigenvalue weighted by molar-refractivity contribution is 5.07. The van der Waals surface area contributed by atoms with Crippen LogP contribution in [0.4, 0.5) is 0 Å². The van der Waals surface area contributed by atoms with Crippen LogP contribution in [-0.4, -0.2) is 14.8 Å². The van der Waals surface area contributed by atoms with Crippen LogP contribution in [0.1, 0.15) is 72.1 Å². The van der Waals surface area contributed by atoms with E-state index in [1.807, 2.05) is 0 Å². The first kappa shape index (κ1) is 12.2. The van der Waals surface area contributed by atoms with Crippen LogP contribution in [0, 0.1) is 0 Å². The van der Waals surface area contributed by atoms with Crippen LogP contribution in [0.2, 0.25) is 0 Å². The average Bonchev–Trinajstić information content (AvgIpc) is 2.45. The fourth-order valence-corrected chi connectivity index (χ4v) is 1.46. The molecule has 3 heteroatoms. The second kappa shape index (κ2) is 3.95. The van der Waals surface area contributed by atoms with Crippen molar-refractivity contribution in [3.8, 4) is 0 Å². The van der Waals surface area contributed by atoms with Crippen LogP contribution in [0.25, 0.3) is 0 Å². The molecule has 0 saturated carbocycles. The van der Waals surface area contributed by atoms with Crippen molar-refractivity contribution in [1.29, 1.82) is 0 Å². The molecule has 0 atom stereocenters. The number of hydrogen-bond donors (Lipinski definition) is 0. The highest BCUT2D eigenvalue weighted by Gasteiger charge is 2.24. The summed E-state index contributed by atoms with van der Waals surface area (Å²) in [6.45, 7) is 15.1. The first-order valence-corrected chi connectivity index (χ1v) is 5.70. The van der Waals surface area contributed by atoms with Gasteiger partial charge in [0.2, 0.25) is 0 Å². The molecule has 0 fully saturated rings. The summed E-state index contributed by atoms with van der Waals surface area (Å²) < 4.78 is 2.05. The predicted molar refractivity (Wildman–Crippen MR) is 63.2 cm³/mol. The molecule has 1 aromatic rings. The molecule has 15 heavy (non-hydrogen) atoms. The van der Waals surface area contributed by atoms with Gasteiger partial charge in [0.05, 0.1) is 0 Å². The van der Waals surface area contributed by atoms with Gasteiger partial charge in [0.25, 0.3) is 0 Å². The topological polar surface area (TPSA) is 30.7 Å². The lowest BCUT2D eigenvalue weighted by Crippen LogP contribution is -2.20. The van der Waals surface area contributed by atoms with Gasteiger partial charge in [0.15, 0.2) is 5.82 Å². The minimum Gasteiger partial charge on any atom is -0.247 e. The number of nitrogens with zero attached hydrogens (tertiary/aromatic N) is 3. The molecule has 0 N–H and O–H groups in total. The molecule has 0 spiro atoms. The Morgan fingerprint density at radius 2 is 1.60 bits per heavy atom. The Balaban J connectivity index is 3.24. The Labute approximate surface area is 92.9 Å². The smallest absolute Gasteiger partial charge is 0.153 e. The Morgan fingerprint density at radius 1 is 1.07 bits per heavy atom. The zero-order valence-electron chi connectivity index (χ0n) is 11.0. The molecule has 0 amide bonds. The van der Waals surface area contributed by atoms with E-state index in [-0.39, 0.29) is 5.41 Å². The lowest BCUT2D eigenvalue weighted by atomic mass is 9.95. The first-order valence-electron chi connectivity index (χ1n) is 5.70. The van der Waals surface area contributed by atoms with Crippen LogP contribution in [0.15, 0.2) is 0 Å². The summed E-state index contributed by atoms with van der Waals surface area (Å²) in [5.74, 6) is 2.43. The second-order valence-electron chi connectivity index (χ2n) is 5.74. The Morgan fingerprint density at radius 3 is 1.87 bits per heavy atom. The molecule has 86 valence electrons. The normalized spacial score (nSPS) is 12.9. The standard InChI is InChI=1S/C12H23N3/c1-8(2)10-13-11(12(5,6)7)15(14-10)9(3)4/h8-9H,1-7H3. The summed E-state index contributed by atoms with van der Waals surface area (Å²) in [5, 5.41) is 4.58. The molecule has 0 bridgehead atoms. The fraction of sp³-hybridized carbons (Fsp3) is 0.833. The molecule has 0 aliphatic rings. The summed E-state index contributed by atoms with van der Waals surface area (Å²) in [6, 6.07) is 0.374. The average molecular weight is 209 g/mol. The van der Waals surface area contributed by atoms with Crippen molar-refractivity contribution in [3.05, 3.63) is 11.6 Å². The van der Waals surface area contributed by atoms with Crippen molar-refractivity contribution in [2.75, 3.05) is 0 Å². The third-order valence-electron chi connectivity index (χ3n) is 2.32. The van der Waals surface area contributed by atoms with Crippen LogP contribution < -0.4 is 0 Å². The molecule has 1 aromatic heterocycles. The highest BCUT2D eigenvalue weighted by atomic mass is 15.4. The van der Waals surface area contributed by atoms with Crippen molar-refractivity contribution in [2.24, 2.45) is 0 Å². The molecule has 1 rings (SSSR count). The largest absolute Gasteiger partial charge is 0.247 e. The summed E-state index contributed by atoms with van der Waals surface area (Å²) in [7, 11) is 0. The third-order valence-corrected chi connectivity index (χ3v) is 2.32. The molecular formula is C12H23N3. The van der Waals surface area contributed by atoms with Gasteiger partial charge in [-0.3, -0.25) is 0 Å². The summed E-state index contributed by atoms with van der Waals surface area (Å²) >= 11 is 0. The molecule has 0 aromatic carbocycles. The van der Waals surface area contributed by atoms with Gasteiger partial charge in [-0.2, -0.15) is 5.10 Å². The molecule has 0 radical (unpaired) electrons. The van der Waals surface area contributed by atoms with Crippen LogP contribution in [0.5, 0.6) is 0 Å². The zero-order chi connectivity index (χ0) is 11.8.